The molecule has 0 bridgehead atoms. The van der Waals surface area contributed by atoms with Crippen molar-refractivity contribution in [3.63, 3.8) is 0 Å². The third kappa shape index (κ3) is 4.39. The first-order valence-corrected chi connectivity index (χ1v) is 6.40. The molecule has 0 heterocycles. The molecule has 94 valence electrons. The Balaban J connectivity index is 2.79. The molecule has 17 heavy (non-hydrogen) atoms. The maximum absolute atomic E-state index is 11.3. The van der Waals surface area contributed by atoms with E-state index in [1.807, 2.05) is 0 Å². The predicted octanol–water partition coefficient (Wildman–Crippen LogP) is 4.33. The van der Waals surface area contributed by atoms with Crippen LogP contribution in [-0.2, 0) is 4.79 Å². The summed E-state index contributed by atoms with van der Waals surface area (Å²) in [6, 6.07) is 7.11. The highest BCUT2D eigenvalue weighted by Crippen LogP contribution is 2.27. The fourth-order valence-electron chi connectivity index (χ4n) is 2.09. The SMILES string of the molecule is CCCC(C)CC(C(=O)O)c1ccc(Cl)cc1. The van der Waals surface area contributed by atoms with Crippen molar-refractivity contribution in [1.82, 2.24) is 0 Å². The second-order valence-electron chi connectivity index (χ2n) is 4.57. The first-order valence-electron chi connectivity index (χ1n) is 6.02. The minimum Gasteiger partial charge on any atom is -0.481 e. The standard InChI is InChI=1S/C14H19ClO2/c1-3-4-10(2)9-13(14(16)17)11-5-7-12(15)8-6-11/h5-8,10,13H,3-4,9H2,1-2H3,(H,16,17). The number of carboxylic acid groups (broad SMARTS) is 1. The van der Waals surface area contributed by atoms with Gasteiger partial charge >= 0.3 is 5.97 Å². The highest BCUT2D eigenvalue weighted by molar-refractivity contribution is 6.30. The summed E-state index contributed by atoms with van der Waals surface area (Å²) in [6.45, 7) is 4.23. The van der Waals surface area contributed by atoms with E-state index < -0.39 is 11.9 Å². The lowest BCUT2D eigenvalue weighted by molar-refractivity contribution is -0.139. The van der Waals surface area contributed by atoms with Crippen molar-refractivity contribution in [1.29, 1.82) is 0 Å². The van der Waals surface area contributed by atoms with Crippen molar-refractivity contribution in [2.45, 2.75) is 39.0 Å². The first-order chi connectivity index (χ1) is 8.04. The maximum atomic E-state index is 11.3. The van der Waals surface area contributed by atoms with Gasteiger partial charge in [-0.25, -0.2) is 0 Å². The topological polar surface area (TPSA) is 37.3 Å². The minimum atomic E-state index is -0.754. The summed E-state index contributed by atoms with van der Waals surface area (Å²) in [5, 5.41) is 9.92. The summed E-state index contributed by atoms with van der Waals surface area (Å²) in [5.41, 5.74) is 0.838. The van der Waals surface area contributed by atoms with Gasteiger partial charge in [-0.1, -0.05) is 50.4 Å². The Morgan fingerprint density at radius 3 is 2.41 bits per heavy atom. The van der Waals surface area contributed by atoms with Gasteiger partial charge in [-0.3, -0.25) is 4.79 Å². The van der Waals surface area contributed by atoms with Crippen LogP contribution >= 0.6 is 11.6 Å². The largest absolute Gasteiger partial charge is 0.481 e. The fourth-order valence-corrected chi connectivity index (χ4v) is 2.21. The van der Waals surface area contributed by atoms with E-state index in [2.05, 4.69) is 13.8 Å². The summed E-state index contributed by atoms with van der Waals surface area (Å²) in [4.78, 5) is 11.3. The monoisotopic (exact) mass is 254 g/mol. The number of halogens is 1. The van der Waals surface area contributed by atoms with E-state index in [-0.39, 0.29) is 0 Å². The van der Waals surface area contributed by atoms with Crippen molar-refractivity contribution in [2.75, 3.05) is 0 Å². The van der Waals surface area contributed by atoms with Gasteiger partial charge in [0.1, 0.15) is 0 Å². The average Bonchev–Trinajstić information content (AvgIpc) is 2.27. The molecule has 0 aliphatic carbocycles. The maximum Gasteiger partial charge on any atom is 0.310 e. The van der Waals surface area contributed by atoms with E-state index in [1.54, 1.807) is 24.3 Å². The number of hydrogen-bond donors (Lipinski definition) is 1. The summed E-state index contributed by atoms with van der Waals surface area (Å²) in [7, 11) is 0. The Hall–Kier alpha value is -1.02. The van der Waals surface area contributed by atoms with Crippen LogP contribution in [0.5, 0.6) is 0 Å². The molecule has 3 heteroatoms. The van der Waals surface area contributed by atoms with Gasteiger partial charge in [0, 0.05) is 5.02 Å². The normalized spacial score (nSPS) is 14.3. The molecular weight excluding hydrogens is 236 g/mol. The van der Waals surface area contributed by atoms with E-state index in [0.717, 1.165) is 18.4 Å². The molecule has 1 aromatic rings. The zero-order valence-electron chi connectivity index (χ0n) is 10.3. The van der Waals surface area contributed by atoms with Gasteiger partial charge in [-0.2, -0.15) is 0 Å². The molecule has 0 aliphatic rings. The Morgan fingerprint density at radius 1 is 1.35 bits per heavy atom. The van der Waals surface area contributed by atoms with Crippen LogP contribution < -0.4 is 0 Å². The highest BCUT2D eigenvalue weighted by atomic mass is 35.5. The molecule has 0 saturated heterocycles. The Morgan fingerprint density at radius 2 is 1.94 bits per heavy atom. The van der Waals surface area contributed by atoms with Gasteiger partial charge in [0.25, 0.3) is 0 Å². The third-order valence-electron chi connectivity index (χ3n) is 2.99. The number of hydrogen-bond acceptors (Lipinski definition) is 1. The van der Waals surface area contributed by atoms with Gasteiger partial charge < -0.3 is 5.11 Å². The molecule has 0 aromatic heterocycles. The van der Waals surface area contributed by atoms with E-state index in [1.165, 1.54) is 0 Å². The number of rotatable bonds is 6. The molecular formula is C14H19ClO2. The van der Waals surface area contributed by atoms with Crippen LogP contribution in [0.4, 0.5) is 0 Å². The lowest BCUT2D eigenvalue weighted by Gasteiger charge is -2.17. The summed E-state index contributed by atoms with van der Waals surface area (Å²) >= 11 is 5.80. The molecule has 1 aromatic carbocycles. The van der Waals surface area contributed by atoms with Crippen LogP contribution in [0.2, 0.25) is 5.02 Å². The van der Waals surface area contributed by atoms with E-state index in [9.17, 15) is 9.90 Å². The molecule has 1 N–H and O–H groups in total. The zero-order chi connectivity index (χ0) is 12.8. The second-order valence-corrected chi connectivity index (χ2v) is 5.01. The van der Waals surface area contributed by atoms with Crippen LogP contribution in [0.15, 0.2) is 24.3 Å². The average molecular weight is 255 g/mol. The van der Waals surface area contributed by atoms with Crippen LogP contribution in [0, 0.1) is 5.92 Å². The first kappa shape index (κ1) is 14.0. The Kier molecular flexibility index (Phi) is 5.49. The van der Waals surface area contributed by atoms with Crippen LogP contribution in [0.25, 0.3) is 0 Å². The number of carbonyl (C=O) groups is 1. The van der Waals surface area contributed by atoms with E-state index in [4.69, 9.17) is 11.6 Å². The second kappa shape index (κ2) is 6.65. The van der Waals surface area contributed by atoms with Crippen molar-refractivity contribution in [3.05, 3.63) is 34.9 Å². The smallest absolute Gasteiger partial charge is 0.310 e. The molecule has 0 radical (unpaired) electrons. The van der Waals surface area contributed by atoms with Gasteiger partial charge in [0.15, 0.2) is 0 Å². The highest BCUT2D eigenvalue weighted by Gasteiger charge is 2.21. The molecule has 0 spiro atoms. The molecule has 0 aliphatic heterocycles. The van der Waals surface area contributed by atoms with Crippen molar-refractivity contribution in [3.8, 4) is 0 Å². The van der Waals surface area contributed by atoms with Crippen LogP contribution in [-0.4, -0.2) is 11.1 Å². The van der Waals surface area contributed by atoms with Crippen LogP contribution in [0.3, 0.4) is 0 Å². The fraction of sp³-hybridized carbons (Fsp3) is 0.500. The summed E-state index contributed by atoms with van der Waals surface area (Å²) in [5.74, 6) is -0.749. The lowest BCUT2D eigenvalue weighted by Crippen LogP contribution is -2.15. The molecule has 0 fully saturated rings. The third-order valence-corrected chi connectivity index (χ3v) is 3.24. The van der Waals surface area contributed by atoms with Crippen LogP contribution in [0.1, 0.15) is 44.6 Å². The zero-order valence-corrected chi connectivity index (χ0v) is 11.1. The molecule has 1 rings (SSSR count). The predicted molar refractivity (Wildman–Crippen MR) is 70.5 cm³/mol. The quantitative estimate of drug-likeness (QED) is 0.820. The van der Waals surface area contributed by atoms with E-state index in [0.29, 0.717) is 17.4 Å². The number of benzene rings is 1. The number of carboxylic acids is 1. The van der Waals surface area contributed by atoms with Crippen molar-refractivity contribution < 1.29 is 9.90 Å². The molecule has 0 saturated carbocycles. The van der Waals surface area contributed by atoms with E-state index >= 15 is 0 Å². The molecule has 2 nitrogen and oxygen atoms in total. The summed E-state index contributed by atoms with van der Waals surface area (Å²) in [6.07, 6.45) is 2.84. The van der Waals surface area contributed by atoms with Crippen molar-refractivity contribution >= 4 is 17.6 Å². The minimum absolute atomic E-state index is 0.422. The lowest BCUT2D eigenvalue weighted by atomic mass is 9.88. The molecule has 2 atom stereocenters. The van der Waals surface area contributed by atoms with Gasteiger partial charge in [-0.05, 0) is 30.0 Å². The van der Waals surface area contributed by atoms with Gasteiger partial charge in [0.05, 0.1) is 5.92 Å². The van der Waals surface area contributed by atoms with Gasteiger partial charge in [-0.15, -0.1) is 0 Å². The number of aliphatic carboxylic acids is 1. The van der Waals surface area contributed by atoms with Gasteiger partial charge in [0.2, 0.25) is 0 Å². The Bertz CT molecular complexity index is 359. The Labute approximate surface area is 108 Å². The molecule has 0 amide bonds. The summed E-state index contributed by atoms with van der Waals surface area (Å²) < 4.78 is 0. The molecule has 2 unspecified atom stereocenters. The van der Waals surface area contributed by atoms with Crippen molar-refractivity contribution in [2.24, 2.45) is 5.92 Å².